The first-order valence-electron chi connectivity index (χ1n) is 5.06. The number of hydrogen-bond donors (Lipinski definition) is 1. The largest absolute Gasteiger partial charge is 0.340 e. The van der Waals surface area contributed by atoms with Crippen LogP contribution >= 0.6 is 0 Å². The number of carbonyl (C=O) groups excluding carboxylic acids is 1. The minimum absolute atomic E-state index is 0.141. The van der Waals surface area contributed by atoms with Crippen LogP contribution in [0.4, 0.5) is 4.39 Å². The van der Waals surface area contributed by atoms with E-state index < -0.39 is 11.6 Å². The van der Waals surface area contributed by atoms with Crippen LogP contribution in [0.1, 0.15) is 27.2 Å². The summed E-state index contributed by atoms with van der Waals surface area (Å²) in [4.78, 5) is 13.2. The molecular formula is C10H19FN2O. The number of nitrogens with zero attached hydrogens (tertiary/aromatic N) is 1. The Bertz CT molecular complexity index is 225. The summed E-state index contributed by atoms with van der Waals surface area (Å²) in [6.07, 6.45) is 0.767. The first-order chi connectivity index (χ1) is 6.32. The van der Waals surface area contributed by atoms with E-state index in [0.29, 0.717) is 13.1 Å². The molecule has 4 heteroatoms. The van der Waals surface area contributed by atoms with E-state index in [0.717, 1.165) is 6.42 Å². The van der Waals surface area contributed by atoms with Crippen molar-refractivity contribution in [2.75, 3.05) is 13.1 Å². The average molecular weight is 202 g/mol. The molecule has 0 saturated carbocycles. The zero-order valence-corrected chi connectivity index (χ0v) is 9.09. The number of rotatable bonds is 1. The third-order valence-electron chi connectivity index (χ3n) is 2.77. The molecule has 1 amide bonds. The van der Waals surface area contributed by atoms with Gasteiger partial charge in [-0.05, 0) is 26.2 Å². The maximum Gasteiger partial charge on any atom is 0.259 e. The molecule has 14 heavy (non-hydrogen) atoms. The molecule has 2 unspecified atom stereocenters. The summed E-state index contributed by atoms with van der Waals surface area (Å²) in [6, 6.07) is 0.141. The summed E-state index contributed by atoms with van der Waals surface area (Å²) in [6.45, 7) is 5.75. The molecule has 0 radical (unpaired) electrons. The lowest BCUT2D eigenvalue weighted by molar-refractivity contribution is -0.143. The fraction of sp³-hybridized carbons (Fsp3) is 0.900. The van der Waals surface area contributed by atoms with Crippen molar-refractivity contribution >= 4 is 5.91 Å². The number of nitrogens with two attached hydrogens (primary N) is 1. The smallest absolute Gasteiger partial charge is 0.259 e. The van der Waals surface area contributed by atoms with E-state index in [4.69, 9.17) is 5.73 Å². The van der Waals surface area contributed by atoms with Gasteiger partial charge in [-0.2, -0.15) is 0 Å². The molecule has 1 saturated heterocycles. The van der Waals surface area contributed by atoms with Crippen LogP contribution in [0.25, 0.3) is 0 Å². The van der Waals surface area contributed by atoms with Crippen LogP contribution in [0.3, 0.4) is 0 Å². The van der Waals surface area contributed by atoms with E-state index >= 15 is 0 Å². The second kappa shape index (κ2) is 3.85. The quantitative estimate of drug-likeness (QED) is 0.687. The molecule has 1 aliphatic heterocycles. The van der Waals surface area contributed by atoms with Crippen molar-refractivity contribution in [1.82, 2.24) is 4.90 Å². The second-order valence-electron chi connectivity index (χ2n) is 4.65. The number of likely N-dealkylation sites (tertiary alicyclic amines) is 1. The fourth-order valence-electron chi connectivity index (χ4n) is 1.72. The molecule has 0 aromatic carbocycles. The minimum Gasteiger partial charge on any atom is -0.340 e. The summed E-state index contributed by atoms with van der Waals surface area (Å²) < 4.78 is 13.4. The normalized spacial score (nSPS) is 29.1. The van der Waals surface area contributed by atoms with Gasteiger partial charge in [-0.3, -0.25) is 4.79 Å². The van der Waals surface area contributed by atoms with Gasteiger partial charge in [0.15, 0.2) is 5.67 Å². The highest BCUT2D eigenvalue weighted by molar-refractivity contribution is 5.84. The molecule has 2 atom stereocenters. The Hall–Kier alpha value is -0.640. The van der Waals surface area contributed by atoms with Crippen molar-refractivity contribution in [1.29, 1.82) is 0 Å². The highest BCUT2D eigenvalue weighted by Crippen LogP contribution is 2.20. The maximum absolute atomic E-state index is 13.4. The molecule has 3 nitrogen and oxygen atoms in total. The maximum atomic E-state index is 13.4. The molecule has 1 rings (SSSR count). The Labute approximate surface area is 84.4 Å². The molecule has 0 aliphatic carbocycles. The summed E-state index contributed by atoms with van der Waals surface area (Å²) in [5.41, 5.74) is 4.06. The van der Waals surface area contributed by atoms with E-state index in [9.17, 15) is 9.18 Å². The highest BCUT2D eigenvalue weighted by Gasteiger charge is 2.35. The van der Waals surface area contributed by atoms with Crippen molar-refractivity contribution in [3.63, 3.8) is 0 Å². The van der Waals surface area contributed by atoms with Gasteiger partial charge in [0.1, 0.15) is 0 Å². The molecule has 0 aromatic rings. The predicted molar refractivity (Wildman–Crippen MR) is 53.5 cm³/mol. The van der Waals surface area contributed by atoms with E-state index in [1.165, 1.54) is 13.8 Å². The highest BCUT2D eigenvalue weighted by atomic mass is 19.1. The van der Waals surface area contributed by atoms with Crippen molar-refractivity contribution in [3.8, 4) is 0 Å². The standard InChI is InChI=1S/C10H19FN2O/c1-7-6-13(5-4-8(7)12)9(14)10(2,3)11/h7-8H,4-6,12H2,1-3H3. The zero-order chi connectivity index (χ0) is 10.9. The van der Waals surface area contributed by atoms with E-state index in [1.54, 1.807) is 4.90 Å². The van der Waals surface area contributed by atoms with Crippen LogP contribution in [-0.2, 0) is 4.79 Å². The number of piperidine rings is 1. The third-order valence-corrected chi connectivity index (χ3v) is 2.77. The molecule has 1 aliphatic rings. The van der Waals surface area contributed by atoms with Gasteiger partial charge in [0, 0.05) is 19.1 Å². The van der Waals surface area contributed by atoms with Gasteiger partial charge < -0.3 is 10.6 Å². The van der Waals surface area contributed by atoms with Crippen LogP contribution in [0.5, 0.6) is 0 Å². The zero-order valence-electron chi connectivity index (χ0n) is 9.09. The summed E-state index contributed by atoms with van der Waals surface area (Å²) >= 11 is 0. The van der Waals surface area contributed by atoms with Crippen molar-refractivity contribution < 1.29 is 9.18 Å². The number of hydrogen-bond acceptors (Lipinski definition) is 2. The average Bonchev–Trinajstić information content (AvgIpc) is 2.07. The van der Waals surface area contributed by atoms with Gasteiger partial charge >= 0.3 is 0 Å². The molecule has 2 N–H and O–H groups in total. The minimum atomic E-state index is -1.76. The lowest BCUT2D eigenvalue weighted by atomic mass is 9.94. The molecular weight excluding hydrogens is 183 g/mol. The molecule has 0 bridgehead atoms. The first-order valence-corrected chi connectivity index (χ1v) is 5.06. The van der Waals surface area contributed by atoms with Gasteiger partial charge in [0.2, 0.25) is 0 Å². The van der Waals surface area contributed by atoms with Crippen LogP contribution in [0, 0.1) is 5.92 Å². The summed E-state index contributed by atoms with van der Waals surface area (Å²) in [7, 11) is 0. The summed E-state index contributed by atoms with van der Waals surface area (Å²) in [5, 5.41) is 0. The van der Waals surface area contributed by atoms with Crippen molar-refractivity contribution in [3.05, 3.63) is 0 Å². The lowest BCUT2D eigenvalue weighted by Crippen LogP contribution is -2.52. The van der Waals surface area contributed by atoms with Gasteiger partial charge in [-0.15, -0.1) is 0 Å². The summed E-state index contributed by atoms with van der Waals surface area (Å²) in [5.74, 6) is -0.161. The third kappa shape index (κ3) is 2.44. The molecule has 0 spiro atoms. The van der Waals surface area contributed by atoms with Gasteiger partial charge in [-0.25, -0.2) is 4.39 Å². The fourth-order valence-corrected chi connectivity index (χ4v) is 1.72. The number of halogens is 1. The van der Waals surface area contributed by atoms with Gasteiger partial charge in [-0.1, -0.05) is 6.92 Å². The molecule has 1 fully saturated rings. The van der Waals surface area contributed by atoms with E-state index in [2.05, 4.69) is 0 Å². The second-order valence-corrected chi connectivity index (χ2v) is 4.65. The number of amides is 1. The Balaban J connectivity index is 2.59. The molecule has 82 valence electrons. The number of carbonyl (C=O) groups is 1. The Kier molecular flexibility index (Phi) is 3.14. The van der Waals surface area contributed by atoms with Gasteiger partial charge in [0.05, 0.1) is 0 Å². The predicted octanol–water partition coefficient (Wildman–Crippen LogP) is 0.930. The van der Waals surface area contributed by atoms with Crippen molar-refractivity contribution in [2.24, 2.45) is 11.7 Å². The Morgan fingerprint density at radius 2 is 2.14 bits per heavy atom. The lowest BCUT2D eigenvalue weighted by Gasteiger charge is -2.37. The number of alkyl halides is 1. The Morgan fingerprint density at radius 1 is 1.57 bits per heavy atom. The molecule has 1 heterocycles. The van der Waals surface area contributed by atoms with E-state index in [-0.39, 0.29) is 12.0 Å². The van der Waals surface area contributed by atoms with Crippen LogP contribution in [0.2, 0.25) is 0 Å². The Morgan fingerprint density at radius 3 is 2.57 bits per heavy atom. The molecule has 0 aromatic heterocycles. The first kappa shape index (κ1) is 11.4. The van der Waals surface area contributed by atoms with Crippen LogP contribution < -0.4 is 5.73 Å². The van der Waals surface area contributed by atoms with Crippen LogP contribution in [-0.4, -0.2) is 35.6 Å². The van der Waals surface area contributed by atoms with Crippen LogP contribution in [0.15, 0.2) is 0 Å². The van der Waals surface area contributed by atoms with E-state index in [1.807, 2.05) is 6.92 Å². The van der Waals surface area contributed by atoms with Crippen molar-refractivity contribution in [2.45, 2.75) is 38.9 Å². The SMILES string of the molecule is CC1CN(C(=O)C(C)(C)F)CCC1N. The van der Waals surface area contributed by atoms with Gasteiger partial charge in [0.25, 0.3) is 5.91 Å². The monoisotopic (exact) mass is 202 g/mol. The topological polar surface area (TPSA) is 46.3 Å².